The normalized spacial score (nSPS) is 29.3. The Hall–Kier alpha value is -1.42. The SMILES string of the molecule is Cc1ccc(C(=O)NC2CC3CCC(C2)N3)c(C)n1. The quantitative estimate of drug-likeness (QED) is 0.850. The molecule has 0 spiro atoms. The Labute approximate surface area is 114 Å². The maximum absolute atomic E-state index is 12.3. The van der Waals surface area contributed by atoms with Gasteiger partial charge in [0.2, 0.25) is 0 Å². The molecular formula is C15H21N3O. The second-order valence-electron chi connectivity index (χ2n) is 5.87. The van der Waals surface area contributed by atoms with Crippen LogP contribution in [0.1, 0.15) is 47.4 Å². The number of carbonyl (C=O) groups excluding carboxylic acids is 1. The molecule has 0 aromatic carbocycles. The number of carbonyl (C=O) groups is 1. The van der Waals surface area contributed by atoms with Gasteiger partial charge in [-0.1, -0.05) is 0 Å². The Kier molecular flexibility index (Phi) is 3.27. The summed E-state index contributed by atoms with van der Waals surface area (Å²) in [7, 11) is 0. The molecule has 2 saturated heterocycles. The van der Waals surface area contributed by atoms with E-state index in [2.05, 4.69) is 15.6 Å². The zero-order valence-corrected chi connectivity index (χ0v) is 11.6. The van der Waals surface area contributed by atoms with Crippen LogP contribution in [0.4, 0.5) is 0 Å². The van der Waals surface area contributed by atoms with E-state index in [0.717, 1.165) is 24.2 Å². The summed E-state index contributed by atoms with van der Waals surface area (Å²) in [5.74, 6) is 0.0244. The lowest BCUT2D eigenvalue weighted by atomic mass is 9.99. The van der Waals surface area contributed by atoms with Crippen molar-refractivity contribution >= 4 is 5.91 Å². The summed E-state index contributed by atoms with van der Waals surface area (Å²) in [6, 6.07) is 5.28. The average molecular weight is 259 g/mol. The van der Waals surface area contributed by atoms with Gasteiger partial charge in [0.05, 0.1) is 11.3 Å². The lowest BCUT2D eigenvalue weighted by Crippen LogP contribution is -2.48. The van der Waals surface area contributed by atoms with E-state index in [0.29, 0.717) is 23.7 Å². The van der Waals surface area contributed by atoms with Crippen molar-refractivity contribution in [1.29, 1.82) is 0 Å². The van der Waals surface area contributed by atoms with Crippen LogP contribution in [0.25, 0.3) is 0 Å². The predicted molar refractivity (Wildman–Crippen MR) is 74.1 cm³/mol. The second kappa shape index (κ2) is 4.93. The lowest BCUT2D eigenvalue weighted by molar-refractivity contribution is 0.0923. The molecule has 1 aromatic heterocycles. The number of piperidine rings is 1. The van der Waals surface area contributed by atoms with Gasteiger partial charge >= 0.3 is 0 Å². The first-order valence-corrected chi connectivity index (χ1v) is 7.13. The number of rotatable bonds is 2. The summed E-state index contributed by atoms with van der Waals surface area (Å²) >= 11 is 0. The summed E-state index contributed by atoms with van der Waals surface area (Å²) < 4.78 is 0. The fourth-order valence-corrected chi connectivity index (χ4v) is 3.36. The zero-order valence-electron chi connectivity index (χ0n) is 11.6. The number of fused-ring (bicyclic) bond motifs is 2. The van der Waals surface area contributed by atoms with Crippen molar-refractivity contribution in [2.75, 3.05) is 0 Å². The summed E-state index contributed by atoms with van der Waals surface area (Å²) in [6.45, 7) is 3.84. The van der Waals surface area contributed by atoms with Gasteiger partial charge in [-0.2, -0.15) is 0 Å². The Balaban J connectivity index is 1.68. The summed E-state index contributed by atoms with van der Waals surface area (Å²) in [6.07, 6.45) is 4.62. The van der Waals surface area contributed by atoms with Crippen LogP contribution in [-0.4, -0.2) is 29.0 Å². The van der Waals surface area contributed by atoms with Crippen molar-refractivity contribution in [3.05, 3.63) is 29.1 Å². The van der Waals surface area contributed by atoms with Crippen LogP contribution in [0.2, 0.25) is 0 Å². The Bertz CT molecular complexity index is 488. The number of nitrogens with one attached hydrogen (secondary N) is 2. The largest absolute Gasteiger partial charge is 0.349 e. The Morgan fingerprint density at radius 3 is 2.58 bits per heavy atom. The van der Waals surface area contributed by atoms with Crippen LogP contribution >= 0.6 is 0 Å². The molecule has 2 N–H and O–H groups in total. The third kappa shape index (κ3) is 2.63. The van der Waals surface area contributed by atoms with Gasteiger partial charge in [-0.3, -0.25) is 9.78 Å². The van der Waals surface area contributed by atoms with E-state index < -0.39 is 0 Å². The monoisotopic (exact) mass is 259 g/mol. The van der Waals surface area contributed by atoms with Crippen molar-refractivity contribution in [1.82, 2.24) is 15.6 Å². The number of nitrogens with zero attached hydrogens (tertiary/aromatic N) is 1. The van der Waals surface area contributed by atoms with Crippen molar-refractivity contribution in [3.63, 3.8) is 0 Å². The van der Waals surface area contributed by atoms with Gasteiger partial charge < -0.3 is 10.6 Å². The molecular weight excluding hydrogens is 238 g/mol. The van der Waals surface area contributed by atoms with Crippen molar-refractivity contribution < 1.29 is 4.79 Å². The third-order valence-corrected chi connectivity index (χ3v) is 4.28. The minimum Gasteiger partial charge on any atom is -0.349 e. The van der Waals surface area contributed by atoms with Crippen LogP contribution in [0, 0.1) is 13.8 Å². The maximum atomic E-state index is 12.3. The highest BCUT2D eigenvalue weighted by molar-refractivity contribution is 5.95. The first-order chi connectivity index (χ1) is 9.11. The molecule has 3 heterocycles. The fourth-order valence-electron chi connectivity index (χ4n) is 3.36. The first kappa shape index (κ1) is 12.6. The van der Waals surface area contributed by atoms with Gasteiger partial charge in [-0.15, -0.1) is 0 Å². The summed E-state index contributed by atoms with van der Waals surface area (Å²) in [5.41, 5.74) is 2.47. The van der Waals surface area contributed by atoms with Crippen LogP contribution < -0.4 is 10.6 Å². The summed E-state index contributed by atoms with van der Waals surface area (Å²) in [5, 5.41) is 6.77. The van der Waals surface area contributed by atoms with E-state index in [-0.39, 0.29) is 5.91 Å². The van der Waals surface area contributed by atoms with Crippen LogP contribution in [0.5, 0.6) is 0 Å². The number of hydrogen-bond donors (Lipinski definition) is 2. The van der Waals surface area contributed by atoms with E-state index in [1.807, 2.05) is 26.0 Å². The van der Waals surface area contributed by atoms with Gasteiger partial charge in [0, 0.05) is 23.8 Å². The minimum atomic E-state index is 0.0244. The number of pyridine rings is 1. The molecule has 1 aromatic rings. The molecule has 102 valence electrons. The Morgan fingerprint density at radius 1 is 1.26 bits per heavy atom. The molecule has 3 rings (SSSR count). The van der Waals surface area contributed by atoms with Crippen molar-refractivity contribution in [2.45, 2.75) is 57.7 Å². The molecule has 2 fully saturated rings. The highest BCUT2D eigenvalue weighted by Gasteiger charge is 2.34. The zero-order chi connectivity index (χ0) is 13.4. The Morgan fingerprint density at radius 2 is 1.95 bits per heavy atom. The van der Waals surface area contributed by atoms with E-state index >= 15 is 0 Å². The molecule has 2 atom stereocenters. The molecule has 0 aliphatic carbocycles. The fraction of sp³-hybridized carbons (Fsp3) is 0.600. The molecule has 19 heavy (non-hydrogen) atoms. The van der Waals surface area contributed by atoms with Crippen LogP contribution in [-0.2, 0) is 0 Å². The summed E-state index contributed by atoms with van der Waals surface area (Å²) in [4.78, 5) is 16.7. The van der Waals surface area contributed by atoms with Gasteiger partial charge in [0.1, 0.15) is 0 Å². The average Bonchev–Trinajstić information content (AvgIpc) is 2.68. The van der Waals surface area contributed by atoms with E-state index in [1.54, 1.807) is 0 Å². The van der Waals surface area contributed by atoms with Crippen LogP contribution in [0.3, 0.4) is 0 Å². The molecule has 1 amide bonds. The number of hydrogen-bond acceptors (Lipinski definition) is 3. The van der Waals surface area contributed by atoms with Gasteiger partial charge in [-0.25, -0.2) is 0 Å². The standard InChI is InChI=1S/C15H21N3O/c1-9-3-6-14(10(2)16-9)15(19)18-13-7-11-4-5-12(8-13)17-11/h3,6,11-13,17H,4-5,7-8H2,1-2H3,(H,18,19). The van der Waals surface area contributed by atoms with Crippen LogP contribution in [0.15, 0.2) is 12.1 Å². The third-order valence-electron chi connectivity index (χ3n) is 4.28. The van der Waals surface area contributed by atoms with Gasteiger partial charge in [0.25, 0.3) is 5.91 Å². The molecule has 0 radical (unpaired) electrons. The molecule has 0 saturated carbocycles. The van der Waals surface area contributed by atoms with E-state index in [9.17, 15) is 4.79 Å². The molecule has 2 aliphatic heterocycles. The number of aryl methyl sites for hydroxylation is 2. The second-order valence-corrected chi connectivity index (χ2v) is 5.87. The molecule has 4 heteroatoms. The van der Waals surface area contributed by atoms with E-state index in [1.165, 1.54) is 12.8 Å². The minimum absolute atomic E-state index is 0.0244. The molecule has 2 bridgehead atoms. The smallest absolute Gasteiger partial charge is 0.253 e. The lowest BCUT2D eigenvalue weighted by Gasteiger charge is -2.29. The predicted octanol–water partition coefficient (Wildman–Crippen LogP) is 1.71. The molecule has 4 nitrogen and oxygen atoms in total. The van der Waals surface area contributed by atoms with Gasteiger partial charge in [-0.05, 0) is 51.7 Å². The molecule has 2 unspecified atom stereocenters. The highest BCUT2D eigenvalue weighted by Crippen LogP contribution is 2.27. The first-order valence-electron chi connectivity index (χ1n) is 7.13. The molecule has 2 aliphatic rings. The van der Waals surface area contributed by atoms with Gasteiger partial charge in [0.15, 0.2) is 0 Å². The van der Waals surface area contributed by atoms with Crippen molar-refractivity contribution in [2.24, 2.45) is 0 Å². The topological polar surface area (TPSA) is 54.0 Å². The van der Waals surface area contributed by atoms with E-state index in [4.69, 9.17) is 0 Å². The maximum Gasteiger partial charge on any atom is 0.253 e. The highest BCUT2D eigenvalue weighted by atomic mass is 16.1. The van der Waals surface area contributed by atoms with Crippen molar-refractivity contribution in [3.8, 4) is 0 Å². The number of amides is 1. The number of aromatic nitrogens is 1.